The third kappa shape index (κ3) is 3.42. The highest BCUT2D eigenvalue weighted by Gasteiger charge is 2.16. The molecule has 2 heterocycles. The Hall–Kier alpha value is -2.21. The number of tetrazole rings is 1. The van der Waals surface area contributed by atoms with Gasteiger partial charge in [0, 0.05) is 10.9 Å². The Labute approximate surface area is 135 Å². The third-order valence-electron chi connectivity index (χ3n) is 3.79. The summed E-state index contributed by atoms with van der Waals surface area (Å²) in [5.41, 5.74) is 2.08. The van der Waals surface area contributed by atoms with Crippen LogP contribution < -0.4 is 5.32 Å². The maximum absolute atomic E-state index is 5.79. The molecule has 0 aliphatic rings. The fraction of sp³-hybridized carbons (Fsp3) is 0.471. The van der Waals surface area contributed by atoms with Crippen LogP contribution >= 0.6 is 0 Å². The smallest absolute Gasteiger partial charge is 0.188 e. The van der Waals surface area contributed by atoms with E-state index in [9.17, 15) is 0 Å². The number of furan rings is 1. The van der Waals surface area contributed by atoms with Crippen LogP contribution in [0.5, 0.6) is 0 Å². The van der Waals surface area contributed by atoms with E-state index in [0.717, 1.165) is 24.3 Å². The Kier molecular flexibility index (Phi) is 4.17. The summed E-state index contributed by atoms with van der Waals surface area (Å²) in [6.07, 6.45) is 0.913. The fourth-order valence-corrected chi connectivity index (χ4v) is 2.54. The molecule has 23 heavy (non-hydrogen) atoms. The molecule has 0 amide bonds. The monoisotopic (exact) mass is 313 g/mol. The molecule has 6 nitrogen and oxygen atoms in total. The molecule has 1 aromatic carbocycles. The standard InChI is InChI=1S/C17H23N5O/c1-12-13(14-7-5-6-8-15(14)23-12)9-10-18-11-16-19-21-22(20-16)17(2,3)4/h5-8,18H,9-11H2,1-4H3. The molecule has 0 fully saturated rings. The molecule has 2 aromatic heterocycles. The maximum atomic E-state index is 5.79. The van der Waals surface area contributed by atoms with E-state index in [2.05, 4.69) is 47.6 Å². The summed E-state index contributed by atoms with van der Waals surface area (Å²) in [5.74, 6) is 1.71. The van der Waals surface area contributed by atoms with E-state index < -0.39 is 0 Å². The van der Waals surface area contributed by atoms with Crippen molar-refractivity contribution in [3.8, 4) is 0 Å². The lowest BCUT2D eigenvalue weighted by Crippen LogP contribution is -2.25. The van der Waals surface area contributed by atoms with Gasteiger partial charge in [-0.15, -0.1) is 10.2 Å². The van der Waals surface area contributed by atoms with Crippen LogP contribution in [0, 0.1) is 6.92 Å². The molecular formula is C17H23N5O. The predicted octanol–water partition coefficient (Wildman–Crippen LogP) is 2.82. The summed E-state index contributed by atoms with van der Waals surface area (Å²) >= 11 is 0. The highest BCUT2D eigenvalue weighted by atomic mass is 16.3. The van der Waals surface area contributed by atoms with Gasteiger partial charge in [0.2, 0.25) is 0 Å². The number of aromatic nitrogens is 4. The van der Waals surface area contributed by atoms with Gasteiger partial charge in [-0.3, -0.25) is 0 Å². The zero-order valence-corrected chi connectivity index (χ0v) is 14.1. The van der Waals surface area contributed by atoms with Gasteiger partial charge in [-0.25, -0.2) is 0 Å². The van der Waals surface area contributed by atoms with Crippen LogP contribution in [-0.4, -0.2) is 26.8 Å². The van der Waals surface area contributed by atoms with Crippen LogP contribution in [0.3, 0.4) is 0 Å². The van der Waals surface area contributed by atoms with Gasteiger partial charge in [0.1, 0.15) is 11.3 Å². The van der Waals surface area contributed by atoms with Crippen molar-refractivity contribution in [2.24, 2.45) is 0 Å². The Bertz CT molecular complexity index is 797. The minimum Gasteiger partial charge on any atom is -0.461 e. The average Bonchev–Trinajstić information content (AvgIpc) is 3.08. The Morgan fingerprint density at radius 1 is 1.22 bits per heavy atom. The van der Waals surface area contributed by atoms with Gasteiger partial charge >= 0.3 is 0 Å². The molecule has 0 spiro atoms. The molecule has 3 aromatic rings. The Morgan fingerprint density at radius 2 is 2.00 bits per heavy atom. The quantitative estimate of drug-likeness (QED) is 0.734. The van der Waals surface area contributed by atoms with E-state index in [1.54, 1.807) is 4.80 Å². The molecule has 0 unspecified atom stereocenters. The van der Waals surface area contributed by atoms with Gasteiger partial charge in [0.05, 0.1) is 12.1 Å². The van der Waals surface area contributed by atoms with E-state index in [4.69, 9.17) is 4.42 Å². The highest BCUT2D eigenvalue weighted by Crippen LogP contribution is 2.25. The van der Waals surface area contributed by atoms with Crippen molar-refractivity contribution in [1.29, 1.82) is 0 Å². The van der Waals surface area contributed by atoms with Crippen LogP contribution in [0.25, 0.3) is 11.0 Å². The van der Waals surface area contributed by atoms with Gasteiger partial charge in [0.15, 0.2) is 5.82 Å². The first-order chi connectivity index (χ1) is 10.9. The van der Waals surface area contributed by atoms with E-state index in [0.29, 0.717) is 12.4 Å². The summed E-state index contributed by atoms with van der Waals surface area (Å²) in [5, 5.41) is 17.1. The predicted molar refractivity (Wildman–Crippen MR) is 89.2 cm³/mol. The molecule has 0 bridgehead atoms. The zero-order valence-electron chi connectivity index (χ0n) is 14.1. The van der Waals surface area contributed by atoms with E-state index in [1.807, 2.05) is 25.1 Å². The molecule has 1 N–H and O–H groups in total. The van der Waals surface area contributed by atoms with Crippen molar-refractivity contribution >= 4 is 11.0 Å². The molecule has 0 aliphatic heterocycles. The number of para-hydroxylation sites is 1. The van der Waals surface area contributed by atoms with E-state index >= 15 is 0 Å². The van der Waals surface area contributed by atoms with Crippen LogP contribution in [-0.2, 0) is 18.5 Å². The summed E-state index contributed by atoms with van der Waals surface area (Å²) in [7, 11) is 0. The van der Waals surface area contributed by atoms with Gasteiger partial charge in [-0.1, -0.05) is 18.2 Å². The second kappa shape index (κ2) is 6.12. The van der Waals surface area contributed by atoms with Crippen LogP contribution in [0.1, 0.15) is 37.9 Å². The first kappa shape index (κ1) is 15.7. The average molecular weight is 313 g/mol. The third-order valence-corrected chi connectivity index (χ3v) is 3.79. The molecule has 0 radical (unpaired) electrons. The maximum Gasteiger partial charge on any atom is 0.188 e. The van der Waals surface area contributed by atoms with E-state index in [1.165, 1.54) is 10.9 Å². The second-order valence-corrected chi connectivity index (χ2v) is 6.73. The lowest BCUT2D eigenvalue weighted by Gasteiger charge is -2.15. The van der Waals surface area contributed by atoms with Crippen molar-refractivity contribution in [2.75, 3.05) is 6.54 Å². The van der Waals surface area contributed by atoms with Crippen LogP contribution in [0.15, 0.2) is 28.7 Å². The van der Waals surface area contributed by atoms with Crippen LogP contribution in [0.2, 0.25) is 0 Å². The number of hydrogen-bond donors (Lipinski definition) is 1. The molecule has 0 atom stereocenters. The normalized spacial score (nSPS) is 12.2. The van der Waals surface area contributed by atoms with Gasteiger partial charge < -0.3 is 9.73 Å². The minimum absolute atomic E-state index is 0.141. The number of benzene rings is 1. The van der Waals surface area contributed by atoms with Crippen molar-refractivity contribution in [2.45, 2.75) is 46.2 Å². The lowest BCUT2D eigenvalue weighted by atomic mass is 10.1. The minimum atomic E-state index is -0.141. The fourth-order valence-electron chi connectivity index (χ4n) is 2.54. The molecule has 0 saturated carbocycles. The SMILES string of the molecule is Cc1oc2ccccc2c1CCNCc1nnn(C(C)(C)C)n1. The molecule has 6 heteroatoms. The largest absolute Gasteiger partial charge is 0.461 e. The number of aryl methyl sites for hydroxylation is 1. The number of hydrogen-bond acceptors (Lipinski definition) is 5. The zero-order chi connectivity index (χ0) is 16.4. The summed E-state index contributed by atoms with van der Waals surface area (Å²) < 4.78 is 5.79. The van der Waals surface area contributed by atoms with Gasteiger partial charge in [-0.05, 0) is 51.9 Å². The van der Waals surface area contributed by atoms with Crippen molar-refractivity contribution in [1.82, 2.24) is 25.5 Å². The summed E-state index contributed by atoms with van der Waals surface area (Å²) in [6, 6.07) is 8.16. The van der Waals surface area contributed by atoms with Crippen molar-refractivity contribution in [3.05, 3.63) is 41.4 Å². The summed E-state index contributed by atoms with van der Waals surface area (Å²) in [4.78, 5) is 1.65. The molecule has 0 saturated heterocycles. The van der Waals surface area contributed by atoms with Crippen molar-refractivity contribution in [3.63, 3.8) is 0 Å². The topological polar surface area (TPSA) is 68.8 Å². The lowest BCUT2D eigenvalue weighted by molar-refractivity contribution is 0.305. The first-order valence-corrected chi connectivity index (χ1v) is 7.92. The van der Waals surface area contributed by atoms with Gasteiger partial charge in [-0.2, -0.15) is 4.80 Å². The summed E-state index contributed by atoms with van der Waals surface area (Å²) in [6.45, 7) is 9.64. The molecule has 0 aliphatic carbocycles. The second-order valence-electron chi connectivity index (χ2n) is 6.73. The Balaban J connectivity index is 1.57. The first-order valence-electron chi connectivity index (χ1n) is 7.92. The number of rotatable bonds is 5. The Morgan fingerprint density at radius 3 is 2.74 bits per heavy atom. The van der Waals surface area contributed by atoms with Crippen molar-refractivity contribution < 1.29 is 4.42 Å². The van der Waals surface area contributed by atoms with Crippen LogP contribution in [0.4, 0.5) is 0 Å². The number of nitrogens with zero attached hydrogens (tertiary/aromatic N) is 4. The molecule has 122 valence electrons. The van der Waals surface area contributed by atoms with E-state index in [-0.39, 0.29) is 5.54 Å². The van der Waals surface area contributed by atoms with Gasteiger partial charge in [0.25, 0.3) is 0 Å². The number of fused-ring (bicyclic) bond motifs is 1. The number of nitrogens with one attached hydrogen (secondary N) is 1. The molecule has 3 rings (SSSR count). The highest BCUT2D eigenvalue weighted by molar-refractivity contribution is 5.82. The molecular weight excluding hydrogens is 290 g/mol.